The van der Waals surface area contributed by atoms with Crippen molar-refractivity contribution in [3.8, 4) is 0 Å². The van der Waals surface area contributed by atoms with Crippen molar-refractivity contribution in [2.24, 2.45) is 0 Å². The van der Waals surface area contributed by atoms with Crippen molar-refractivity contribution in [1.29, 1.82) is 0 Å². The zero-order valence-corrected chi connectivity index (χ0v) is 7.29. The Balaban J connectivity index is 2.40. The number of aliphatic hydroxyl groups is 1. The van der Waals surface area contributed by atoms with Gasteiger partial charge < -0.3 is 14.7 Å². The molecule has 0 fully saturated rings. The maximum Gasteiger partial charge on any atom is 0.208 e. The number of nitrogens with zero attached hydrogens (tertiary/aromatic N) is 1. The second kappa shape index (κ2) is 2.83. The first kappa shape index (κ1) is 8.56. The summed E-state index contributed by atoms with van der Waals surface area (Å²) in [4.78, 5) is 2.01. The van der Waals surface area contributed by atoms with Crippen LogP contribution in [0.4, 0.5) is 0 Å². The molecule has 0 aromatic heterocycles. The molecule has 64 valence electrons. The van der Waals surface area contributed by atoms with Gasteiger partial charge >= 0.3 is 0 Å². The van der Waals surface area contributed by atoms with E-state index in [9.17, 15) is 5.11 Å². The van der Waals surface area contributed by atoms with Gasteiger partial charge in [-0.2, -0.15) is 0 Å². The van der Waals surface area contributed by atoms with E-state index in [0.29, 0.717) is 6.42 Å². The van der Waals surface area contributed by atoms with Crippen molar-refractivity contribution in [1.82, 2.24) is 4.90 Å². The Morgan fingerprint density at radius 2 is 2.36 bits per heavy atom. The molecule has 0 radical (unpaired) electrons. The number of likely N-dealkylation sites (N-methyl/N-ethyl adjacent to an activating group) is 1. The van der Waals surface area contributed by atoms with Crippen LogP contribution in [-0.2, 0) is 4.74 Å². The number of ether oxygens (including phenoxy) is 1. The van der Waals surface area contributed by atoms with Gasteiger partial charge in [-0.25, -0.2) is 0 Å². The predicted octanol–water partition coefficient (Wildman–Crippen LogP) is 0.561. The molecule has 0 bridgehead atoms. The predicted molar refractivity (Wildman–Crippen MR) is 43.0 cm³/mol. The maximum absolute atomic E-state index is 9.38. The van der Waals surface area contributed by atoms with Crippen molar-refractivity contribution >= 4 is 0 Å². The quantitative estimate of drug-likeness (QED) is 0.635. The average molecular weight is 157 g/mol. The largest absolute Gasteiger partial charge is 0.466 e. The molecule has 1 atom stereocenters. The Labute approximate surface area is 67.3 Å². The standard InChI is InChI=1S/C8H15NO2/c1-8(10)5-4-7(11-8)6-9(2)3/h4,10H,5-6H2,1-3H3. The second-order valence-corrected chi connectivity index (χ2v) is 3.39. The molecule has 0 saturated carbocycles. The lowest BCUT2D eigenvalue weighted by Crippen LogP contribution is -2.24. The molecule has 1 aliphatic heterocycles. The molecule has 0 aromatic carbocycles. The van der Waals surface area contributed by atoms with Gasteiger partial charge in [-0.15, -0.1) is 0 Å². The van der Waals surface area contributed by atoms with Gasteiger partial charge in [0.05, 0.1) is 6.54 Å². The average Bonchev–Trinajstić information content (AvgIpc) is 2.08. The summed E-state index contributed by atoms with van der Waals surface area (Å²) in [6.07, 6.45) is 2.52. The zero-order chi connectivity index (χ0) is 8.48. The Bertz CT molecular complexity index is 173. The van der Waals surface area contributed by atoms with Crippen LogP contribution < -0.4 is 0 Å². The van der Waals surface area contributed by atoms with Gasteiger partial charge in [0, 0.05) is 13.3 Å². The summed E-state index contributed by atoms with van der Waals surface area (Å²) in [6.45, 7) is 2.43. The third-order valence-corrected chi connectivity index (χ3v) is 1.53. The maximum atomic E-state index is 9.38. The van der Waals surface area contributed by atoms with Crippen LogP contribution in [0.3, 0.4) is 0 Å². The fourth-order valence-corrected chi connectivity index (χ4v) is 1.08. The number of hydrogen-bond donors (Lipinski definition) is 1. The number of hydrogen-bond acceptors (Lipinski definition) is 3. The van der Waals surface area contributed by atoms with E-state index in [1.807, 2.05) is 25.1 Å². The molecule has 0 aliphatic carbocycles. The summed E-state index contributed by atoms with van der Waals surface area (Å²) >= 11 is 0. The molecule has 3 nitrogen and oxygen atoms in total. The molecule has 0 spiro atoms. The van der Waals surface area contributed by atoms with E-state index in [4.69, 9.17) is 4.74 Å². The molecule has 1 aliphatic rings. The van der Waals surface area contributed by atoms with Crippen molar-refractivity contribution in [2.45, 2.75) is 19.1 Å². The first-order valence-corrected chi connectivity index (χ1v) is 3.75. The Hall–Kier alpha value is -0.540. The van der Waals surface area contributed by atoms with Gasteiger partial charge in [-0.05, 0) is 20.2 Å². The number of rotatable bonds is 2. The van der Waals surface area contributed by atoms with E-state index in [-0.39, 0.29) is 0 Å². The third kappa shape index (κ3) is 2.52. The minimum Gasteiger partial charge on any atom is -0.466 e. The summed E-state index contributed by atoms with van der Waals surface area (Å²) in [7, 11) is 3.94. The molecule has 1 unspecified atom stereocenters. The van der Waals surface area contributed by atoms with Gasteiger partial charge in [0.25, 0.3) is 0 Å². The van der Waals surface area contributed by atoms with E-state index >= 15 is 0 Å². The summed E-state index contributed by atoms with van der Waals surface area (Å²) < 4.78 is 5.23. The highest BCUT2D eigenvalue weighted by atomic mass is 16.6. The monoisotopic (exact) mass is 157 g/mol. The van der Waals surface area contributed by atoms with Crippen molar-refractivity contribution in [2.75, 3.05) is 20.6 Å². The minimum absolute atomic E-state index is 0.593. The first-order chi connectivity index (χ1) is 4.99. The van der Waals surface area contributed by atoms with E-state index < -0.39 is 5.79 Å². The normalized spacial score (nSPS) is 30.5. The second-order valence-electron chi connectivity index (χ2n) is 3.39. The Morgan fingerprint density at radius 3 is 2.73 bits per heavy atom. The molecule has 1 heterocycles. The van der Waals surface area contributed by atoms with E-state index in [2.05, 4.69) is 0 Å². The topological polar surface area (TPSA) is 32.7 Å². The smallest absolute Gasteiger partial charge is 0.208 e. The molecule has 0 saturated heterocycles. The van der Waals surface area contributed by atoms with Gasteiger partial charge in [-0.1, -0.05) is 0 Å². The van der Waals surface area contributed by atoms with Crippen LogP contribution in [-0.4, -0.2) is 36.4 Å². The van der Waals surface area contributed by atoms with Crippen LogP contribution >= 0.6 is 0 Å². The molecule has 1 N–H and O–H groups in total. The lowest BCUT2D eigenvalue weighted by molar-refractivity contribution is -0.146. The molecular weight excluding hydrogens is 142 g/mol. The van der Waals surface area contributed by atoms with Crippen molar-refractivity contribution < 1.29 is 9.84 Å². The molecule has 0 aromatic rings. The van der Waals surface area contributed by atoms with Crippen molar-refractivity contribution in [3.05, 3.63) is 11.8 Å². The van der Waals surface area contributed by atoms with E-state index in [1.54, 1.807) is 6.92 Å². The fraction of sp³-hybridized carbons (Fsp3) is 0.750. The van der Waals surface area contributed by atoms with Crippen LogP contribution in [0, 0.1) is 0 Å². The van der Waals surface area contributed by atoms with E-state index in [1.165, 1.54) is 0 Å². The van der Waals surface area contributed by atoms with Crippen LogP contribution in [0.5, 0.6) is 0 Å². The lowest BCUT2D eigenvalue weighted by Gasteiger charge is -2.19. The van der Waals surface area contributed by atoms with Crippen molar-refractivity contribution in [3.63, 3.8) is 0 Å². The summed E-state index contributed by atoms with van der Waals surface area (Å²) in [5.41, 5.74) is 0. The van der Waals surface area contributed by atoms with Gasteiger partial charge in [0.15, 0.2) is 0 Å². The van der Waals surface area contributed by atoms with Crippen LogP contribution in [0.2, 0.25) is 0 Å². The molecule has 1 rings (SSSR count). The molecular formula is C8H15NO2. The summed E-state index contributed by atoms with van der Waals surface area (Å²) in [5, 5.41) is 9.38. The minimum atomic E-state index is -0.967. The SMILES string of the molecule is CN(C)CC1=CCC(C)(O)O1. The lowest BCUT2D eigenvalue weighted by atomic mass is 10.2. The summed E-state index contributed by atoms with van der Waals surface area (Å²) in [6, 6.07) is 0. The first-order valence-electron chi connectivity index (χ1n) is 3.75. The van der Waals surface area contributed by atoms with Crippen LogP contribution in [0.1, 0.15) is 13.3 Å². The van der Waals surface area contributed by atoms with Gasteiger partial charge in [0.2, 0.25) is 5.79 Å². The molecule has 11 heavy (non-hydrogen) atoms. The molecule has 3 heteroatoms. The van der Waals surface area contributed by atoms with E-state index in [0.717, 1.165) is 12.3 Å². The van der Waals surface area contributed by atoms with Crippen LogP contribution in [0.25, 0.3) is 0 Å². The van der Waals surface area contributed by atoms with Gasteiger partial charge in [-0.3, -0.25) is 0 Å². The highest BCUT2D eigenvalue weighted by molar-refractivity contribution is 5.04. The fourth-order valence-electron chi connectivity index (χ4n) is 1.08. The highest BCUT2D eigenvalue weighted by Crippen LogP contribution is 2.24. The van der Waals surface area contributed by atoms with Crippen LogP contribution in [0.15, 0.2) is 11.8 Å². The third-order valence-electron chi connectivity index (χ3n) is 1.53. The Morgan fingerprint density at radius 1 is 1.73 bits per heavy atom. The zero-order valence-electron chi connectivity index (χ0n) is 7.29. The van der Waals surface area contributed by atoms with Gasteiger partial charge in [0.1, 0.15) is 5.76 Å². The molecule has 0 amide bonds. The highest BCUT2D eigenvalue weighted by Gasteiger charge is 2.27. The Kier molecular flexibility index (Phi) is 2.20. The summed E-state index contributed by atoms with van der Waals surface area (Å²) in [5.74, 6) is -0.106.